The summed E-state index contributed by atoms with van der Waals surface area (Å²) in [5.74, 6) is 1.52. The molecule has 0 unspecified atom stereocenters. The lowest BCUT2D eigenvalue weighted by molar-refractivity contribution is 0.282. The zero-order valence-electron chi connectivity index (χ0n) is 10.6. The van der Waals surface area contributed by atoms with Gasteiger partial charge in [0.05, 0.1) is 13.2 Å². The molecule has 96 valence electrons. The molecule has 2 aromatic rings. The molecule has 1 aromatic carbocycles. The minimum atomic E-state index is 0.0369. The molecule has 0 aliphatic carbocycles. The molecule has 0 fully saturated rings. The molecule has 0 saturated heterocycles. The van der Waals surface area contributed by atoms with Crippen molar-refractivity contribution in [2.75, 3.05) is 5.32 Å². The van der Waals surface area contributed by atoms with Gasteiger partial charge in [-0.2, -0.15) is 4.98 Å². The second-order valence-electron chi connectivity index (χ2n) is 4.42. The second-order valence-corrected chi connectivity index (χ2v) is 4.42. The average Bonchev–Trinajstić information content (AvgIpc) is 2.85. The lowest BCUT2D eigenvalue weighted by Crippen LogP contribution is -2.02. The predicted molar refractivity (Wildman–Crippen MR) is 68.1 cm³/mol. The van der Waals surface area contributed by atoms with Gasteiger partial charge in [-0.1, -0.05) is 31.1 Å². The Bertz CT molecular complexity index is 508. The molecule has 0 spiro atoms. The third-order valence-electron chi connectivity index (χ3n) is 2.54. The molecule has 1 aromatic heterocycles. The van der Waals surface area contributed by atoms with Crippen LogP contribution in [-0.4, -0.2) is 15.2 Å². The van der Waals surface area contributed by atoms with E-state index >= 15 is 0 Å². The molecular formula is C13H17N3O2. The maximum Gasteiger partial charge on any atom is 0.229 e. The van der Waals surface area contributed by atoms with E-state index in [4.69, 9.17) is 9.63 Å². The summed E-state index contributed by atoms with van der Waals surface area (Å²) in [5.41, 5.74) is 1.80. The molecule has 5 heteroatoms. The van der Waals surface area contributed by atoms with Gasteiger partial charge in [-0.3, -0.25) is 0 Å². The van der Waals surface area contributed by atoms with Crippen LogP contribution in [0.5, 0.6) is 0 Å². The smallest absolute Gasteiger partial charge is 0.229 e. The van der Waals surface area contributed by atoms with E-state index < -0.39 is 0 Å². The molecule has 0 bridgehead atoms. The van der Waals surface area contributed by atoms with Crippen LogP contribution >= 0.6 is 0 Å². The van der Waals surface area contributed by atoms with Gasteiger partial charge < -0.3 is 14.9 Å². The highest BCUT2D eigenvalue weighted by Crippen LogP contribution is 2.13. The molecule has 5 nitrogen and oxygen atoms in total. The number of rotatable bonds is 5. The lowest BCUT2D eigenvalue weighted by atomic mass is 10.2. The summed E-state index contributed by atoms with van der Waals surface area (Å²) in [6, 6.07) is 7.59. The SMILES string of the molecule is CC(C)c1nc(CNc2cccc(CO)c2)no1. The van der Waals surface area contributed by atoms with E-state index in [1.54, 1.807) is 0 Å². The number of aliphatic hydroxyl groups is 1. The van der Waals surface area contributed by atoms with Gasteiger partial charge in [0.1, 0.15) is 0 Å². The number of hydrogen-bond acceptors (Lipinski definition) is 5. The molecule has 0 amide bonds. The van der Waals surface area contributed by atoms with Crippen LogP contribution in [0.25, 0.3) is 0 Å². The number of nitrogens with zero attached hydrogens (tertiary/aromatic N) is 2. The Morgan fingerprint density at radius 1 is 1.39 bits per heavy atom. The van der Waals surface area contributed by atoms with Gasteiger partial charge in [0.2, 0.25) is 5.89 Å². The fourth-order valence-electron chi connectivity index (χ4n) is 1.53. The Morgan fingerprint density at radius 3 is 2.89 bits per heavy atom. The number of hydrogen-bond donors (Lipinski definition) is 2. The summed E-state index contributed by atoms with van der Waals surface area (Å²) < 4.78 is 5.12. The zero-order valence-corrected chi connectivity index (χ0v) is 10.6. The Labute approximate surface area is 106 Å². The highest BCUT2D eigenvalue weighted by molar-refractivity contribution is 5.45. The van der Waals surface area contributed by atoms with Crippen LogP contribution in [-0.2, 0) is 13.2 Å². The topological polar surface area (TPSA) is 71.2 Å². The number of aliphatic hydroxyl groups excluding tert-OH is 1. The molecule has 2 rings (SSSR count). The van der Waals surface area contributed by atoms with E-state index in [0.29, 0.717) is 18.3 Å². The molecule has 18 heavy (non-hydrogen) atoms. The quantitative estimate of drug-likeness (QED) is 0.848. The van der Waals surface area contributed by atoms with Gasteiger partial charge >= 0.3 is 0 Å². The number of aromatic nitrogens is 2. The standard InChI is InChI=1S/C13H17N3O2/c1-9(2)13-15-12(16-18-13)7-14-11-5-3-4-10(6-11)8-17/h3-6,9,14,17H,7-8H2,1-2H3. The van der Waals surface area contributed by atoms with Gasteiger partial charge in [-0.05, 0) is 17.7 Å². The number of nitrogens with one attached hydrogen (secondary N) is 1. The van der Waals surface area contributed by atoms with E-state index in [-0.39, 0.29) is 12.5 Å². The van der Waals surface area contributed by atoms with Crippen molar-refractivity contribution < 1.29 is 9.63 Å². The molecular weight excluding hydrogens is 230 g/mol. The molecule has 0 saturated carbocycles. The van der Waals surface area contributed by atoms with E-state index in [9.17, 15) is 0 Å². The molecule has 0 aliphatic heterocycles. The van der Waals surface area contributed by atoms with Crippen LogP contribution < -0.4 is 5.32 Å². The van der Waals surface area contributed by atoms with Gasteiger partial charge in [0.15, 0.2) is 5.82 Å². The molecule has 0 aliphatic rings. The first-order valence-corrected chi connectivity index (χ1v) is 5.95. The van der Waals surface area contributed by atoms with Crippen LogP contribution in [0.3, 0.4) is 0 Å². The monoisotopic (exact) mass is 247 g/mol. The van der Waals surface area contributed by atoms with Crippen molar-refractivity contribution >= 4 is 5.69 Å². The minimum absolute atomic E-state index is 0.0369. The molecule has 1 heterocycles. The molecule has 0 radical (unpaired) electrons. The highest BCUT2D eigenvalue weighted by Gasteiger charge is 2.09. The van der Waals surface area contributed by atoms with Crippen molar-refractivity contribution in [3.8, 4) is 0 Å². The van der Waals surface area contributed by atoms with Crippen molar-refractivity contribution in [2.45, 2.75) is 32.9 Å². The van der Waals surface area contributed by atoms with Crippen molar-refractivity contribution in [1.82, 2.24) is 10.1 Å². The van der Waals surface area contributed by atoms with Crippen molar-refractivity contribution in [3.63, 3.8) is 0 Å². The summed E-state index contributed by atoms with van der Waals surface area (Å²) in [6.45, 7) is 4.56. The Kier molecular flexibility index (Phi) is 3.94. The Balaban J connectivity index is 1.97. The third-order valence-corrected chi connectivity index (χ3v) is 2.54. The van der Waals surface area contributed by atoms with E-state index in [1.165, 1.54) is 0 Å². The van der Waals surface area contributed by atoms with Crippen LogP contribution in [0.1, 0.15) is 37.0 Å². The van der Waals surface area contributed by atoms with Gasteiger partial charge in [-0.25, -0.2) is 0 Å². The molecule has 2 N–H and O–H groups in total. The van der Waals surface area contributed by atoms with Crippen LogP contribution in [0.4, 0.5) is 5.69 Å². The normalized spacial score (nSPS) is 10.9. The van der Waals surface area contributed by atoms with Gasteiger partial charge in [0, 0.05) is 11.6 Å². The van der Waals surface area contributed by atoms with E-state index in [0.717, 1.165) is 11.3 Å². The number of anilines is 1. The summed E-state index contributed by atoms with van der Waals surface area (Å²) >= 11 is 0. The predicted octanol–water partition coefficient (Wildman–Crippen LogP) is 2.30. The van der Waals surface area contributed by atoms with Crippen molar-refractivity contribution in [1.29, 1.82) is 0 Å². The maximum absolute atomic E-state index is 9.04. The Morgan fingerprint density at radius 2 is 2.22 bits per heavy atom. The average molecular weight is 247 g/mol. The zero-order chi connectivity index (χ0) is 13.0. The number of benzene rings is 1. The summed E-state index contributed by atoms with van der Waals surface area (Å²) in [5, 5.41) is 16.1. The van der Waals surface area contributed by atoms with Crippen LogP contribution in [0, 0.1) is 0 Å². The highest BCUT2D eigenvalue weighted by atomic mass is 16.5. The molecule has 0 atom stereocenters. The first-order chi connectivity index (χ1) is 8.69. The Hall–Kier alpha value is -1.88. The summed E-state index contributed by atoms with van der Waals surface area (Å²) in [6.07, 6.45) is 0. The van der Waals surface area contributed by atoms with Crippen molar-refractivity contribution in [2.24, 2.45) is 0 Å². The van der Waals surface area contributed by atoms with Crippen LogP contribution in [0.2, 0.25) is 0 Å². The summed E-state index contributed by atoms with van der Waals surface area (Å²) in [4.78, 5) is 4.28. The van der Waals surface area contributed by atoms with Crippen molar-refractivity contribution in [3.05, 3.63) is 41.5 Å². The van der Waals surface area contributed by atoms with Crippen LogP contribution in [0.15, 0.2) is 28.8 Å². The van der Waals surface area contributed by atoms with E-state index in [2.05, 4.69) is 15.5 Å². The fourth-order valence-corrected chi connectivity index (χ4v) is 1.53. The lowest BCUT2D eigenvalue weighted by Gasteiger charge is -2.04. The minimum Gasteiger partial charge on any atom is -0.392 e. The third kappa shape index (κ3) is 3.07. The summed E-state index contributed by atoms with van der Waals surface area (Å²) in [7, 11) is 0. The first-order valence-electron chi connectivity index (χ1n) is 5.95. The van der Waals surface area contributed by atoms with E-state index in [1.807, 2.05) is 38.1 Å². The second kappa shape index (κ2) is 5.64. The van der Waals surface area contributed by atoms with Gasteiger partial charge in [-0.15, -0.1) is 0 Å². The largest absolute Gasteiger partial charge is 0.392 e. The van der Waals surface area contributed by atoms with Gasteiger partial charge in [0.25, 0.3) is 0 Å². The first kappa shape index (κ1) is 12.6. The fraction of sp³-hybridized carbons (Fsp3) is 0.385. The maximum atomic E-state index is 9.04.